The van der Waals surface area contributed by atoms with E-state index in [0.717, 1.165) is 34.9 Å². The number of ether oxygens (including phenoxy) is 1. The number of para-hydroxylation sites is 1. The molecule has 0 fully saturated rings. The predicted octanol–water partition coefficient (Wildman–Crippen LogP) is 3.76. The van der Waals surface area contributed by atoms with Crippen LogP contribution in [0.5, 0.6) is 5.75 Å². The van der Waals surface area contributed by atoms with Gasteiger partial charge >= 0.3 is 0 Å². The van der Waals surface area contributed by atoms with E-state index in [1.165, 1.54) is 0 Å². The van der Waals surface area contributed by atoms with E-state index in [9.17, 15) is 0 Å². The summed E-state index contributed by atoms with van der Waals surface area (Å²) < 4.78 is 11.0. The molecule has 1 aromatic heterocycles. The van der Waals surface area contributed by atoms with Gasteiger partial charge in [0.1, 0.15) is 23.8 Å². The number of aromatic nitrogens is 1. The summed E-state index contributed by atoms with van der Waals surface area (Å²) in [5.41, 5.74) is 3.17. The first-order valence-corrected chi connectivity index (χ1v) is 7.24. The van der Waals surface area contributed by atoms with Crippen molar-refractivity contribution in [1.82, 2.24) is 10.5 Å². The molecule has 0 spiro atoms. The summed E-state index contributed by atoms with van der Waals surface area (Å²) in [5, 5.41) is 7.45. The van der Waals surface area contributed by atoms with E-state index in [0.29, 0.717) is 6.61 Å². The molecule has 4 heteroatoms. The Balaban J connectivity index is 2.10. The predicted molar refractivity (Wildman–Crippen MR) is 83.3 cm³/mol. The van der Waals surface area contributed by atoms with Gasteiger partial charge in [-0.05, 0) is 40.2 Å². The molecule has 0 aliphatic heterocycles. The standard InChI is InChI=1S/C17H24N2O2/c1-12-7-6-8-14(10-18-17(3,4)5)16(12)20-11-15-9-13(2)21-19-15/h6-9,18H,10-11H2,1-5H3. The first-order chi connectivity index (χ1) is 9.85. The number of nitrogens with zero attached hydrogens (tertiary/aromatic N) is 1. The number of aryl methyl sites for hydroxylation is 2. The Kier molecular flexibility index (Phi) is 4.68. The second kappa shape index (κ2) is 6.31. The van der Waals surface area contributed by atoms with Crippen LogP contribution in [0.4, 0.5) is 0 Å². The summed E-state index contributed by atoms with van der Waals surface area (Å²) in [7, 11) is 0. The smallest absolute Gasteiger partial charge is 0.134 e. The summed E-state index contributed by atoms with van der Waals surface area (Å²) in [5.74, 6) is 1.72. The zero-order valence-corrected chi connectivity index (χ0v) is 13.5. The molecule has 0 atom stereocenters. The molecule has 2 aromatic rings. The highest BCUT2D eigenvalue weighted by molar-refractivity contribution is 5.40. The van der Waals surface area contributed by atoms with Gasteiger partial charge in [-0.25, -0.2) is 0 Å². The molecule has 0 aliphatic rings. The lowest BCUT2D eigenvalue weighted by Gasteiger charge is -2.22. The fourth-order valence-electron chi connectivity index (χ4n) is 2.05. The quantitative estimate of drug-likeness (QED) is 0.910. The molecule has 114 valence electrons. The third-order valence-corrected chi connectivity index (χ3v) is 3.14. The molecular formula is C17H24N2O2. The number of hydrogen-bond donors (Lipinski definition) is 1. The van der Waals surface area contributed by atoms with Crippen molar-refractivity contribution in [2.24, 2.45) is 0 Å². The molecule has 0 radical (unpaired) electrons. The van der Waals surface area contributed by atoms with Crippen LogP contribution in [0.25, 0.3) is 0 Å². The first kappa shape index (κ1) is 15.6. The van der Waals surface area contributed by atoms with Gasteiger partial charge in [0.15, 0.2) is 0 Å². The zero-order valence-electron chi connectivity index (χ0n) is 13.5. The average Bonchev–Trinajstić information content (AvgIpc) is 2.80. The molecule has 0 saturated heterocycles. The molecule has 0 unspecified atom stereocenters. The molecule has 4 nitrogen and oxygen atoms in total. The van der Waals surface area contributed by atoms with Gasteiger partial charge in [0.2, 0.25) is 0 Å². The van der Waals surface area contributed by atoms with Gasteiger partial charge in [-0.2, -0.15) is 0 Å². The van der Waals surface area contributed by atoms with Crippen LogP contribution in [-0.2, 0) is 13.2 Å². The van der Waals surface area contributed by atoms with E-state index in [2.05, 4.69) is 56.4 Å². The van der Waals surface area contributed by atoms with Crippen LogP contribution in [0.2, 0.25) is 0 Å². The Bertz CT molecular complexity index is 597. The van der Waals surface area contributed by atoms with Crippen molar-refractivity contribution in [3.63, 3.8) is 0 Å². The fraction of sp³-hybridized carbons (Fsp3) is 0.471. The molecule has 1 N–H and O–H groups in total. The number of hydrogen-bond acceptors (Lipinski definition) is 4. The van der Waals surface area contributed by atoms with Gasteiger partial charge in [0.25, 0.3) is 0 Å². The largest absolute Gasteiger partial charge is 0.487 e. The summed E-state index contributed by atoms with van der Waals surface area (Å²) >= 11 is 0. The van der Waals surface area contributed by atoms with Crippen LogP contribution in [0, 0.1) is 13.8 Å². The lowest BCUT2D eigenvalue weighted by molar-refractivity contribution is 0.281. The highest BCUT2D eigenvalue weighted by Gasteiger charge is 2.13. The number of rotatable bonds is 5. The lowest BCUT2D eigenvalue weighted by atomic mass is 10.1. The van der Waals surface area contributed by atoms with Gasteiger partial charge < -0.3 is 14.6 Å². The third kappa shape index (κ3) is 4.60. The molecular weight excluding hydrogens is 264 g/mol. The van der Waals surface area contributed by atoms with Crippen molar-refractivity contribution in [2.75, 3.05) is 0 Å². The first-order valence-electron chi connectivity index (χ1n) is 7.24. The van der Waals surface area contributed by atoms with Crippen molar-refractivity contribution in [3.8, 4) is 5.75 Å². The van der Waals surface area contributed by atoms with Crippen LogP contribution in [0.1, 0.15) is 43.4 Å². The van der Waals surface area contributed by atoms with Crippen LogP contribution >= 0.6 is 0 Å². The van der Waals surface area contributed by atoms with E-state index in [1.54, 1.807) is 0 Å². The highest BCUT2D eigenvalue weighted by atomic mass is 16.5. The van der Waals surface area contributed by atoms with Crippen molar-refractivity contribution in [2.45, 2.75) is 53.3 Å². The lowest BCUT2D eigenvalue weighted by Crippen LogP contribution is -2.35. The second-order valence-electron chi connectivity index (χ2n) is 6.38. The van der Waals surface area contributed by atoms with Gasteiger partial charge in [-0.3, -0.25) is 0 Å². The topological polar surface area (TPSA) is 47.3 Å². The minimum atomic E-state index is 0.0737. The van der Waals surface area contributed by atoms with Crippen LogP contribution in [-0.4, -0.2) is 10.7 Å². The monoisotopic (exact) mass is 288 g/mol. The van der Waals surface area contributed by atoms with Crippen molar-refractivity contribution in [3.05, 3.63) is 46.8 Å². The van der Waals surface area contributed by atoms with Gasteiger partial charge in [0, 0.05) is 23.7 Å². The molecule has 2 rings (SSSR count). The Morgan fingerprint density at radius 1 is 1.24 bits per heavy atom. The average molecular weight is 288 g/mol. The maximum Gasteiger partial charge on any atom is 0.134 e. The maximum absolute atomic E-state index is 5.97. The minimum Gasteiger partial charge on any atom is -0.487 e. The van der Waals surface area contributed by atoms with Crippen LogP contribution < -0.4 is 10.1 Å². The van der Waals surface area contributed by atoms with E-state index in [1.807, 2.05) is 13.0 Å². The highest BCUT2D eigenvalue weighted by Crippen LogP contribution is 2.25. The van der Waals surface area contributed by atoms with Gasteiger partial charge in [0.05, 0.1) is 0 Å². The Morgan fingerprint density at radius 3 is 2.62 bits per heavy atom. The third-order valence-electron chi connectivity index (χ3n) is 3.14. The van der Waals surface area contributed by atoms with Crippen LogP contribution in [0.15, 0.2) is 28.8 Å². The SMILES string of the molecule is Cc1cc(COc2c(C)cccc2CNC(C)(C)C)no1. The second-order valence-corrected chi connectivity index (χ2v) is 6.38. The normalized spacial score (nSPS) is 11.7. The van der Waals surface area contributed by atoms with Crippen molar-refractivity contribution in [1.29, 1.82) is 0 Å². The van der Waals surface area contributed by atoms with E-state index in [4.69, 9.17) is 9.26 Å². The zero-order chi connectivity index (χ0) is 15.5. The molecule has 1 aromatic carbocycles. The molecule has 0 aliphatic carbocycles. The van der Waals surface area contributed by atoms with E-state index < -0.39 is 0 Å². The molecule has 0 bridgehead atoms. The Morgan fingerprint density at radius 2 is 2.00 bits per heavy atom. The number of nitrogens with one attached hydrogen (secondary N) is 1. The van der Waals surface area contributed by atoms with Crippen molar-refractivity contribution >= 4 is 0 Å². The molecule has 0 saturated carbocycles. The minimum absolute atomic E-state index is 0.0737. The van der Waals surface area contributed by atoms with E-state index in [-0.39, 0.29) is 5.54 Å². The summed E-state index contributed by atoms with van der Waals surface area (Å²) in [6.07, 6.45) is 0. The molecule has 21 heavy (non-hydrogen) atoms. The Labute approximate surface area is 126 Å². The van der Waals surface area contributed by atoms with E-state index >= 15 is 0 Å². The van der Waals surface area contributed by atoms with Crippen LogP contribution in [0.3, 0.4) is 0 Å². The Hall–Kier alpha value is -1.81. The number of benzene rings is 1. The van der Waals surface area contributed by atoms with Gasteiger partial charge in [-0.15, -0.1) is 0 Å². The maximum atomic E-state index is 5.97. The van der Waals surface area contributed by atoms with Gasteiger partial charge in [-0.1, -0.05) is 23.4 Å². The van der Waals surface area contributed by atoms with Crippen molar-refractivity contribution < 1.29 is 9.26 Å². The molecule has 1 heterocycles. The fourth-order valence-corrected chi connectivity index (χ4v) is 2.05. The summed E-state index contributed by atoms with van der Waals surface area (Å²) in [4.78, 5) is 0. The summed E-state index contributed by atoms with van der Waals surface area (Å²) in [6, 6.07) is 8.10. The molecule has 0 amide bonds. The summed E-state index contributed by atoms with van der Waals surface area (Å²) in [6.45, 7) is 11.6.